The van der Waals surface area contributed by atoms with Crippen LogP contribution in [0.15, 0.2) is 78.9 Å². The van der Waals surface area contributed by atoms with E-state index in [1.54, 1.807) is 0 Å². The second-order valence-corrected chi connectivity index (χ2v) is 7.86. The molecule has 0 amide bonds. The Morgan fingerprint density at radius 3 is 2.42 bits per heavy atom. The molecule has 3 aromatic carbocycles. The van der Waals surface area contributed by atoms with Gasteiger partial charge in [0.15, 0.2) is 0 Å². The molecule has 0 aliphatic heterocycles. The quantitative estimate of drug-likeness (QED) is 0.275. The molecule has 3 aromatic rings. The number of likely N-dealkylation sites (N-methyl/N-ethyl adjacent to an activating group) is 1. The van der Waals surface area contributed by atoms with Crippen LogP contribution in [0.2, 0.25) is 5.02 Å². The van der Waals surface area contributed by atoms with E-state index in [1.165, 1.54) is 11.1 Å². The van der Waals surface area contributed by atoms with E-state index in [0.29, 0.717) is 23.2 Å². The van der Waals surface area contributed by atoms with Crippen molar-refractivity contribution in [3.05, 3.63) is 95.0 Å². The predicted octanol–water partition coefficient (Wildman–Crippen LogP) is 6.73. The van der Waals surface area contributed by atoms with Crippen LogP contribution in [0, 0.1) is 0 Å². The Balaban J connectivity index is 1.46. The molecule has 4 nitrogen and oxygen atoms in total. The van der Waals surface area contributed by atoms with Crippen LogP contribution in [0.5, 0.6) is 5.75 Å². The van der Waals surface area contributed by atoms with Crippen molar-refractivity contribution in [2.24, 2.45) is 0 Å². The highest BCUT2D eigenvalue weighted by Gasteiger charge is 2.11. The Hall–Kier alpha value is -2.98. The normalized spacial score (nSPS) is 11.6. The Morgan fingerprint density at radius 1 is 1.00 bits per heavy atom. The molecule has 1 atom stereocenters. The second-order valence-electron chi connectivity index (χ2n) is 7.42. The zero-order valence-corrected chi connectivity index (χ0v) is 18.7. The van der Waals surface area contributed by atoms with Gasteiger partial charge in [-0.3, -0.25) is 0 Å². The molecule has 0 N–H and O–H groups in total. The molecule has 0 heterocycles. The molecule has 3 rings (SSSR count). The first kappa shape index (κ1) is 22.7. The summed E-state index contributed by atoms with van der Waals surface area (Å²) >= 11 is 6.06. The summed E-state index contributed by atoms with van der Waals surface area (Å²) in [7, 11) is 0. The minimum atomic E-state index is -0.702. The summed E-state index contributed by atoms with van der Waals surface area (Å²) in [6.45, 7) is 5.80. The fourth-order valence-electron chi connectivity index (χ4n) is 3.46. The first-order chi connectivity index (χ1) is 15.0. The van der Waals surface area contributed by atoms with Gasteiger partial charge in [-0.15, -0.1) is 0 Å². The van der Waals surface area contributed by atoms with E-state index in [1.807, 2.05) is 61.5 Å². The molecule has 0 aromatic heterocycles. The van der Waals surface area contributed by atoms with Crippen LogP contribution in [0.3, 0.4) is 0 Å². The van der Waals surface area contributed by atoms with Gasteiger partial charge in [-0.25, -0.2) is 4.79 Å². The second kappa shape index (κ2) is 11.4. The van der Waals surface area contributed by atoms with Crippen molar-refractivity contribution in [3.8, 4) is 5.75 Å². The summed E-state index contributed by atoms with van der Waals surface area (Å²) in [6, 6.07) is 25.6. The van der Waals surface area contributed by atoms with E-state index in [9.17, 15) is 4.79 Å². The number of hydrogen-bond donors (Lipinski definition) is 0. The van der Waals surface area contributed by atoms with Gasteiger partial charge < -0.3 is 14.4 Å². The van der Waals surface area contributed by atoms with E-state index >= 15 is 0 Å². The molecule has 0 aliphatic carbocycles. The molecule has 0 aliphatic rings. The summed E-state index contributed by atoms with van der Waals surface area (Å²) in [5.41, 5.74) is 3.50. The maximum Gasteiger partial charge on any atom is 0.513 e. The predicted molar refractivity (Wildman–Crippen MR) is 126 cm³/mol. The minimum Gasteiger partial charge on any atom is -0.432 e. The number of anilines is 1. The number of halogens is 1. The van der Waals surface area contributed by atoms with Gasteiger partial charge in [0.1, 0.15) is 12.4 Å². The zero-order chi connectivity index (χ0) is 22.1. The Bertz CT molecular complexity index is 960. The monoisotopic (exact) mass is 437 g/mol. The third-order valence-electron chi connectivity index (χ3n) is 5.17. The van der Waals surface area contributed by atoms with Crippen LogP contribution in [0.1, 0.15) is 30.9 Å². The summed E-state index contributed by atoms with van der Waals surface area (Å²) in [5.74, 6) is 0.845. The number of carbonyl (C=O) groups excluding carboxylic acids is 1. The van der Waals surface area contributed by atoms with Crippen LogP contribution in [0.4, 0.5) is 10.5 Å². The van der Waals surface area contributed by atoms with Crippen LogP contribution in [-0.4, -0.2) is 25.9 Å². The number of benzene rings is 3. The first-order valence-electron chi connectivity index (χ1n) is 10.5. The lowest BCUT2D eigenvalue weighted by Gasteiger charge is -2.22. The maximum absolute atomic E-state index is 12.0. The van der Waals surface area contributed by atoms with Gasteiger partial charge in [-0.2, -0.15) is 0 Å². The lowest BCUT2D eigenvalue weighted by molar-refractivity contribution is 0.101. The molecule has 0 radical (unpaired) electrons. The summed E-state index contributed by atoms with van der Waals surface area (Å²) < 4.78 is 10.6. The lowest BCUT2D eigenvalue weighted by atomic mass is 9.94. The lowest BCUT2D eigenvalue weighted by Crippen LogP contribution is -2.28. The van der Waals surface area contributed by atoms with Gasteiger partial charge in [0.25, 0.3) is 0 Å². The summed E-state index contributed by atoms with van der Waals surface area (Å²) in [6.07, 6.45) is 0.260. The highest BCUT2D eigenvalue weighted by molar-refractivity contribution is 6.30. The van der Waals surface area contributed by atoms with E-state index in [2.05, 4.69) is 36.1 Å². The zero-order valence-electron chi connectivity index (χ0n) is 18.0. The van der Waals surface area contributed by atoms with Gasteiger partial charge >= 0.3 is 6.16 Å². The maximum atomic E-state index is 12.0. The SMILES string of the molecule is CCN(CCOC(=O)Oc1ccc(C(C)Cc2ccccc2)cc1)c1cccc(Cl)c1. The average molecular weight is 438 g/mol. The van der Waals surface area contributed by atoms with Gasteiger partial charge in [-0.05, 0) is 60.7 Å². The number of carbonyl (C=O) groups is 1. The Labute approximate surface area is 189 Å². The van der Waals surface area contributed by atoms with E-state index in [-0.39, 0.29) is 6.61 Å². The largest absolute Gasteiger partial charge is 0.513 e. The number of nitrogens with zero attached hydrogens (tertiary/aromatic N) is 1. The first-order valence-corrected chi connectivity index (χ1v) is 10.9. The fourth-order valence-corrected chi connectivity index (χ4v) is 3.64. The third-order valence-corrected chi connectivity index (χ3v) is 5.41. The molecule has 0 spiro atoms. The highest BCUT2D eigenvalue weighted by atomic mass is 35.5. The topological polar surface area (TPSA) is 38.8 Å². The standard InChI is InChI=1S/C26H28ClNO3/c1-3-28(24-11-7-10-23(27)19-24)16-17-30-26(29)31-25-14-12-22(13-15-25)20(2)18-21-8-5-4-6-9-21/h4-15,19-20H,3,16-18H2,1-2H3. The van der Waals surface area contributed by atoms with Gasteiger partial charge in [0.2, 0.25) is 0 Å². The van der Waals surface area contributed by atoms with Crippen LogP contribution < -0.4 is 9.64 Å². The summed E-state index contributed by atoms with van der Waals surface area (Å²) in [5, 5.41) is 0.679. The van der Waals surface area contributed by atoms with Crippen LogP contribution in [0.25, 0.3) is 0 Å². The van der Waals surface area contributed by atoms with Gasteiger partial charge in [0, 0.05) is 17.3 Å². The van der Waals surface area contributed by atoms with E-state index in [0.717, 1.165) is 18.7 Å². The fraction of sp³-hybridized carbons (Fsp3) is 0.269. The molecule has 0 fully saturated rings. The number of ether oxygens (including phenoxy) is 2. The van der Waals surface area contributed by atoms with Crippen molar-refractivity contribution in [2.45, 2.75) is 26.2 Å². The molecule has 162 valence electrons. The van der Waals surface area contributed by atoms with Gasteiger partial charge in [-0.1, -0.05) is 67.1 Å². The minimum absolute atomic E-state index is 0.228. The molecule has 31 heavy (non-hydrogen) atoms. The third kappa shape index (κ3) is 7.04. The van der Waals surface area contributed by atoms with Gasteiger partial charge in [0.05, 0.1) is 6.54 Å². The molecule has 1 unspecified atom stereocenters. The van der Waals surface area contributed by atoms with Crippen molar-refractivity contribution in [2.75, 3.05) is 24.6 Å². The number of hydrogen-bond acceptors (Lipinski definition) is 4. The van der Waals surface area contributed by atoms with Crippen molar-refractivity contribution in [3.63, 3.8) is 0 Å². The van der Waals surface area contributed by atoms with Crippen LogP contribution in [-0.2, 0) is 11.2 Å². The van der Waals surface area contributed by atoms with Crippen molar-refractivity contribution < 1.29 is 14.3 Å². The molecular formula is C26H28ClNO3. The highest BCUT2D eigenvalue weighted by Crippen LogP contribution is 2.23. The molecule has 0 saturated carbocycles. The summed E-state index contributed by atoms with van der Waals surface area (Å²) in [4.78, 5) is 14.1. The average Bonchev–Trinajstić information content (AvgIpc) is 2.78. The van der Waals surface area contributed by atoms with Crippen molar-refractivity contribution in [1.29, 1.82) is 0 Å². The van der Waals surface area contributed by atoms with E-state index < -0.39 is 6.16 Å². The van der Waals surface area contributed by atoms with Crippen molar-refractivity contribution >= 4 is 23.4 Å². The van der Waals surface area contributed by atoms with Crippen LogP contribution >= 0.6 is 11.6 Å². The molecule has 0 bridgehead atoms. The Morgan fingerprint density at radius 2 is 1.74 bits per heavy atom. The molecule has 5 heteroatoms. The molecule has 0 saturated heterocycles. The number of rotatable bonds is 9. The smallest absolute Gasteiger partial charge is 0.432 e. The molecular weight excluding hydrogens is 410 g/mol. The van der Waals surface area contributed by atoms with E-state index in [4.69, 9.17) is 21.1 Å². The Kier molecular flexibility index (Phi) is 8.36. The van der Waals surface area contributed by atoms with Crippen molar-refractivity contribution in [1.82, 2.24) is 0 Å².